The van der Waals surface area contributed by atoms with Gasteiger partial charge in [-0.15, -0.1) is 0 Å². The van der Waals surface area contributed by atoms with Crippen LogP contribution < -0.4 is 0 Å². The first kappa shape index (κ1) is 20.5. The molecule has 1 aliphatic carbocycles. The Morgan fingerprint density at radius 2 is 1.92 bits per heavy atom. The number of aliphatic hydroxyl groups is 2. The van der Waals surface area contributed by atoms with Crippen molar-refractivity contribution in [2.45, 2.75) is 58.8 Å². The van der Waals surface area contributed by atoms with Crippen LogP contribution in [0.2, 0.25) is 5.15 Å². The van der Waals surface area contributed by atoms with Crippen LogP contribution in [-0.4, -0.2) is 36.8 Å². The minimum Gasteiger partial charge on any atom is -0.366 e. The summed E-state index contributed by atoms with van der Waals surface area (Å²) in [5, 5.41) is 17.5. The number of rotatable bonds is 2. The summed E-state index contributed by atoms with van der Waals surface area (Å²) >= 11 is 6.01. The second-order valence-electron chi connectivity index (χ2n) is 5.98. The molecule has 0 radical (unpaired) electrons. The Kier molecular flexibility index (Phi) is 7.79. The standard InChI is InChI=1S/C12H12ClN3O.C3H8O2.C2H6/c13-11-10-3-4-16(12(10)15-7-14-11)9-2-1-8(5-9)6-17;1-3(2,4)5;1-2/h3-4,6-9H,1-2,5H2;4-5H,1-2H3;1-2H3. The minimum absolute atomic E-state index is 0.190. The summed E-state index contributed by atoms with van der Waals surface area (Å²) in [6, 6.07) is 2.29. The first-order valence-electron chi connectivity index (χ1n) is 8.16. The summed E-state index contributed by atoms with van der Waals surface area (Å²) in [6.45, 7) is 6.60. The quantitative estimate of drug-likeness (QED) is 0.490. The molecule has 0 bridgehead atoms. The minimum atomic E-state index is -1.50. The van der Waals surface area contributed by atoms with E-state index in [9.17, 15) is 4.79 Å². The number of fused-ring (bicyclic) bond motifs is 1. The topological polar surface area (TPSA) is 88.2 Å². The molecular weight excluding hydrogens is 330 g/mol. The Labute approximate surface area is 147 Å². The van der Waals surface area contributed by atoms with E-state index < -0.39 is 5.79 Å². The molecule has 0 spiro atoms. The molecule has 2 N–H and O–H groups in total. The number of carbonyl (C=O) groups is 1. The third-order valence-electron chi connectivity index (χ3n) is 3.49. The van der Waals surface area contributed by atoms with Crippen molar-refractivity contribution in [1.29, 1.82) is 0 Å². The van der Waals surface area contributed by atoms with Crippen LogP contribution >= 0.6 is 11.6 Å². The highest BCUT2D eigenvalue weighted by Gasteiger charge is 2.26. The summed E-state index contributed by atoms with van der Waals surface area (Å²) in [5.74, 6) is -1.31. The van der Waals surface area contributed by atoms with Crippen LogP contribution in [0.3, 0.4) is 0 Å². The maximum absolute atomic E-state index is 10.8. The number of aldehydes is 1. The summed E-state index contributed by atoms with van der Waals surface area (Å²) in [7, 11) is 0. The van der Waals surface area contributed by atoms with Crippen LogP contribution in [0.25, 0.3) is 11.0 Å². The van der Waals surface area contributed by atoms with Gasteiger partial charge in [0.05, 0.1) is 5.39 Å². The monoisotopic (exact) mass is 355 g/mol. The van der Waals surface area contributed by atoms with E-state index >= 15 is 0 Å². The molecule has 1 saturated carbocycles. The van der Waals surface area contributed by atoms with Gasteiger partial charge >= 0.3 is 0 Å². The maximum atomic E-state index is 10.8. The number of aromatic nitrogens is 3. The van der Waals surface area contributed by atoms with E-state index in [1.807, 2.05) is 26.1 Å². The molecule has 0 amide bonds. The summed E-state index contributed by atoms with van der Waals surface area (Å²) in [4.78, 5) is 19.0. The average Bonchev–Trinajstić information content (AvgIpc) is 3.14. The van der Waals surface area contributed by atoms with Gasteiger partial charge < -0.3 is 19.6 Å². The largest absolute Gasteiger partial charge is 0.366 e. The van der Waals surface area contributed by atoms with Crippen molar-refractivity contribution in [2.75, 3.05) is 0 Å². The number of hydrogen-bond acceptors (Lipinski definition) is 5. The van der Waals surface area contributed by atoms with Gasteiger partial charge in [0.15, 0.2) is 5.79 Å². The van der Waals surface area contributed by atoms with E-state index in [4.69, 9.17) is 21.8 Å². The van der Waals surface area contributed by atoms with Crippen LogP contribution in [0.15, 0.2) is 18.6 Å². The maximum Gasteiger partial charge on any atom is 0.156 e. The fourth-order valence-electron chi connectivity index (χ4n) is 2.60. The summed E-state index contributed by atoms with van der Waals surface area (Å²) in [6.07, 6.45) is 7.42. The van der Waals surface area contributed by atoms with Crippen molar-refractivity contribution < 1.29 is 15.0 Å². The molecule has 1 fully saturated rings. The van der Waals surface area contributed by atoms with Crippen LogP contribution in [0.5, 0.6) is 0 Å². The van der Waals surface area contributed by atoms with Crippen LogP contribution in [0.1, 0.15) is 53.0 Å². The lowest BCUT2D eigenvalue weighted by Gasteiger charge is -2.12. The zero-order valence-electron chi connectivity index (χ0n) is 14.6. The van der Waals surface area contributed by atoms with Crippen molar-refractivity contribution >= 4 is 28.9 Å². The molecule has 3 rings (SSSR count). The van der Waals surface area contributed by atoms with Crippen molar-refractivity contribution in [3.05, 3.63) is 23.7 Å². The second-order valence-corrected chi connectivity index (χ2v) is 6.34. The zero-order valence-corrected chi connectivity index (χ0v) is 15.4. The normalized spacial score (nSPS) is 20.0. The molecule has 6 nitrogen and oxygen atoms in total. The molecule has 0 aromatic carbocycles. The van der Waals surface area contributed by atoms with E-state index in [-0.39, 0.29) is 5.92 Å². The Bertz CT molecular complexity index is 646. The third kappa shape index (κ3) is 5.85. The molecule has 1 aliphatic rings. The SMILES string of the molecule is CC.CC(C)(O)O.O=CC1CCC(n2ccc3c(Cl)ncnc32)C1. The fourth-order valence-corrected chi connectivity index (χ4v) is 2.79. The Morgan fingerprint density at radius 3 is 2.46 bits per heavy atom. The Hall–Kier alpha value is -1.50. The first-order valence-corrected chi connectivity index (χ1v) is 8.54. The highest BCUT2D eigenvalue weighted by Crippen LogP contribution is 2.35. The van der Waals surface area contributed by atoms with Crippen molar-refractivity contribution in [2.24, 2.45) is 5.92 Å². The Balaban J connectivity index is 0.000000356. The smallest absolute Gasteiger partial charge is 0.156 e. The fraction of sp³-hybridized carbons (Fsp3) is 0.588. The molecule has 7 heteroatoms. The molecule has 2 unspecified atom stereocenters. The van der Waals surface area contributed by atoms with Crippen molar-refractivity contribution in [3.63, 3.8) is 0 Å². The van der Waals surface area contributed by atoms with Gasteiger partial charge in [-0.25, -0.2) is 9.97 Å². The summed E-state index contributed by atoms with van der Waals surface area (Å²) < 4.78 is 2.12. The predicted octanol–water partition coefficient (Wildman–Crippen LogP) is 3.36. The van der Waals surface area contributed by atoms with Crippen molar-refractivity contribution in [3.8, 4) is 0 Å². The van der Waals surface area contributed by atoms with Crippen molar-refractivity contribution in [1.82, 2.24) is 14.5 Å². The van der Waals surface area contributed by atoms with E-state index in [2.05, 4.69) is 14.5 Å². The molecule has 24 heavy (non-hydrogen) atoms. The van der Waals surface area contributed by atoms with Gasteiger partial charge in [0.1, 0.15) is 23.4 Å². The molecule has 134 valence electrons. The van der Waals surface area contributed by atoms with Gasteiger partial charge in [-0.1, -0.05) is 25.4 Å². The molecule has 2 aromatic rings. The average molecular weight is 356 g/mol. The van der Waals surface area contributed by atoms with Crippen LogP contribution in [0, 0.1) is 5.92 Å². The number of halogens is 1. The van der Waals surface area contributed by atoms with E-state index in [0.29, 0.717) is 11.2 Å². The molecule has 0 saturated heterocycles. The van der Waals surface area contributed by atoms with Gasteiger partial charge in [-0.2, -0.15) is 0 Å². The van der Waals surface area contributed by atoms with Crippen LogP contribution in [-0.2, 0) is 4.79 Å². The molecule has 2 aromatic heterocycles. The zero-order chi connectivity index (χ0) is 18.3. The van der Waals surface area contributed by atoms with E-state index in [0.717, 1.165) is 36.6 Å². The van der Waals surface area contributed by atoms with Gasteiger partial charge in [0, 0.05) is 18.2 Å². The molecule has 0 aliphatic heterocycles. The number of carbonyl (C=O) groups excluding carboxylic acids is 1. The highest BCUT2D eigenvalue weighted by atomic mass is 35.5. The third-order valence-corrected chi connectivity index (χ3v) is 3.79. The lowest BCUT2D eigenvalue weighted by Crippen LogP contribution is -2.15. The predicted molar refractivity (Wildman–Crippen MR) is 94.8 cm³/mol. The lowest BCUT2D eigenvalue weighted by molar-refractivity contribution is -0.127. The van der Waals surface area contributed by atoms with Gasteiger partial charge in [-0.05, 0) is 39.2 Å². The number of nitrogens with zero attached hydrogens (tertiary/aromatic N) is 3. The van der Waals surface area contributed by atoms with Gasteiger partial charge in [0.25, 0.3) is 0 Å². The van der Waals surface area contributed by atoms with Crippen LogP contribution in [0.4, 0.5) is 0 Å². The molecular formula is C17H26ClN3O3. The summed E-state index contributed by atoms with van der Waals surface area (Å²) in [5.41, 5.74) is 0.863. The highest BCUT2D eigenvalue weighted by molar-refractivity contribution is 6.33. The van der Waals surface area contributed by atoms with Gasteiger partial charge in [0.2, 0.25) is 0 Å². The first-order chi connectivity index (χ1) is 11.3. The molecule has 2 heterocycles. The number of hydrogen-bond donors (Lipinski definition) is 2. The van der Waals surface area contributed by atoms with E-state index in [1.165, 1.54) is 20.2 Å². The Morgan fingerprint density at radius 1 is 1.29 bits per heavy atom. The van der Waals surface area contributed by atoms with E-state index in [1.54, 1.807) is 0 Å². The van der Waals surface area contributed by atoms with Gasteiger partial charge in [-0.3, -0.25) is 0 Å². The lowest BCUT2D eigenvalue weighted by atomic mass is 10.1. The molecule has 2 atom stereocenters. The second kappa shape index (κ2) is 9.11.